The summed E-state index contributed by atoms with van der Waals surface area (Å²) in [5.41, 5.74) is 1.73. The van der Waals surface area contributed by atoms with Crippen molar-refractivity contribution >= 4 is 15.9 Å². The normalized spacial score (nSPS) is 30.1. The van der Waals surface area contributed by atoms with E-state index in [1.54, 1.807) is 0 Å². The molecule has 0 saturated heterocycles. The first-order valence-corrected chi connectivity index (χ1v) is 7.59. The largest absolute Gasteiger partial charge is 0.348 e. The van der Waals surface area contributed by atoms with Gasteiger partial charge < -0.3 is 0 Å². The zero-order valence-electron chi connectivity index (χ0n) is 10.9. The van der Waals surface area contributed by atoms with Gasteiger partial charge in [-0.2, -0.15) is 4.98 Å². The number of fused-ring (bicyclic) bond motifs is 2. The molecule has 3 atom stereocenters. The maximum Gasteiger partial charge on any atom is 0.348 e. The van der Waals surface area contributed by atoms with E-state index in [1.165, 1.54) is 25.7 Å². The fourth-order valence-corrected chi connectivity index (χ4v) is 4.13. The van der Waals surface area contributed by atoms with Crippen LogP contribution in [-0.2, 0) is 6.54 Å². The molecule has 3 unspecified atom stereocenters. The molecule has 4 heteroatoms. The minimum atomic E-state index is -0.0871. The highest BCUT2D eigenvalue weighted by molar-refractivity contribution is 9.10. The molecule has 1 aromatic heterocycles. The summed E-state index contributed by atoms with van der Waals surface area (Å²) in [5.74, 6) is 2.47. The van der Waals surface area contributed by atoms with Gasteiger partial charge in [-0.05, 0) is 66.8 Å². The number of nitrogens with zero attached hydrogens (tertiary/aromatic N) is 2. The van der Waals surface area contributed by atoms with Gasteiger partial charge in [0, 0.05) is 12.2 Å². The summed E-state index contributed by atoms with van der Waals surface area (Å²) in [7, 11) is 0. The number of hydrogen-bond donors (Lipinski definition) is 0. The number of aryl methyl sites for hydroxylation is 1. The Balaban J connectivity index is 1.89. The molecule has 18 heavy (non-hydrogen) atoms. The van der Waals surface area contributed by atoms with E-state index >= 15 is 0 Å². The van der Waals surface area contributed by atoms with Crippen molar-refractivity contribution in [2.24, 2.45) is 17.8 Å². The van der Waals surface area contributed by atoms with Crippen LogP contribution >= 0.6 is 15.9 Å². The Labute approximate surface area is 116 Å². The Morgan fingerprint density at radius 2 is 2.11 bits per heavy atom. The minimum absolute atomic E-state index is 0.0871. The fourth-order valence-electron chi connectivity index (χ4n) is 3.83. The third-order valence-corrected chi connectivity index (χ3v) is 5.98. The third kappa shape index (κ3) is 1.94. The summed E-state index contributed by atoms with van der Waals surface area (Å²) in [4.78, 5) is 16.1. The quantitative estimate of drug-likeness (QED) is 0.841. The predicted octanol–water partition coefficient (Wildman–Crippen LogP) is 3.06. The molecule has 3 nitrogen and oxygen atoms in total. The van der Waals surface area contributed by atoms with Crippen LogP contribution < -0.4 is 5.69 Å². The highest BCUT2D eigenvalue weighted by Crippen LogP contribution is 2.48. The number of hydrogen-bond acceptors (Lipinski definition) is 2. The average Bonchev–Trinajstić information content (AvgIpc) is 2.94. The summed E-state index contributed by atoms with van der Waals surface area (Å²) < 4.78 is 2.84. The van der Waals surface area contributed by atoms with Gasteiger partial charge in [0.1, 0.15) is 0 Å². The van der Waals surface area contributed by atoms with Crippen molar-refractivity contribution in [2.45, 2.75) is 46.1 Å². The highest BCUT2D eigenvalue weighted by atomic mass is 79.9. The van der Waals surface area contributed by atoms with Gasteiger partial charge in [0.15, 0.2) is 0 Å². The predicted molar refractivity (Wildman–Crippen MR) is 74.6 cm³/mol. The molecule has 2 saturated carbocycles. The summed E-state index contributed by atoms with van der Waals surface area (Å²) in [5, 5.41) is 0. The Morgan fingerprint density at radius 1 is 1.33 bits per heavy atom. The van der Waals surface area contributed by atoms with Crippen LogP contribution in [0.4, 0.5) is 0 Å². The van der Waals surface area contributed by atoms with Crippen molar-refractivity contribution in [1.29, 1.82) is 0 Å². The molecule has 3 rings (SSSR count). The van der Waals surface area contributed by atoms with Crippen LogP contribution in [0.5, 0.6) is 0 Å². The molecule has 2 bridgehead atoms. The lowest BCUT2D eigenvalue weighted by Gasteiger charge is -2.23. The smallest absolute Gasteiger partial charge is 0.295 e. The van der Waals surface area contributed by atoms with Crippen molar-refractivity contribution in [3.63, 3.8) is 0 Å². The molecule has 0 N–H and O–H groups in total. The van der Waals surface area contributed by atoms with E-state index < -0.39 is 0 Å². The van der Waals surface area contributed by atoms with Crippen molar-refractivity contribution in [3.05, 3.63) is 26.3 Å². The summed E-state index contributed by atoms with van der Waals surface area (Å²) in [6, 6.07) is 0. The Morgan fingerprint density at radius 3 is 2.72 bits per heavy atom. The van der Waals surface area contributed by atoms with E-state index in [9.17, 15) is 4.79 Å². The monoisotopic (exact) mass is 310 g/mol. The first-order chi connectivity index (χ1) is 8.56. The van der Waals surface area contributed by atoms with Crippen LogP contribution in [0, 0.1) is 31.6 Å². The van der Waals surface area contributed by atoms with E-state index in [0.717, 1.165) is 34.2 Å². The standard InChI is InChI=1S/C14H19BrN2O/c1-8-13(15)9(2)17(14(18)16-8)7-12-6-10-3-4-11(12)5-10/h10-12H,3-7H2,1-2H3. The second-order valence-corrected chi connectivity index (χ2v) is 6.72. The molecular weight excluding hydrogens is 292 g/mol. The van der Waals surface area contributed by atoms with Crippen molar-refractivity contribution in [2.75, 3.05) is 0 Å². The van der Waals surface area contributed by atoms with Gasteiger partial charge in [-0.25, -0.2) is 4.79 Å². The first-order valence-electron chi connectivity index (χ1n) is 6.79. The first kappa shape index (κ1) is 12.4. The molecule has 0 aliphatic heterocycles. The second-order valence-electron chi connectivity index (χ2n) is 5.92. The third-order valence-electron chi connectivity index (χ3n) is 4.84. The molecule has 1 heterocycles. The van der Waals surface area contributed by atoms with Gasteiger partial charge in [0.05, 0.1) is 10.2 Å². The number of aromatic nitrogens is 2. The van der Waals surface area contributed by atoms with Gasteiger partial charge in [-0.15, -0.1) is 0 Å². The molecule has 2 aliphatic carbocycles. The van der Waals surface area contributed by atoms with E-state index in [4.69, 9.17) is 0 Å². The highest BCUT2D eigenvalue weighted by Gasteiger charge is 2.39. The van der Waals surface area contributed by atoms with E-state index in [1.807, 2.05) is 18.4 Å². The molecule has 0 radical (unpaired) electrons. The van der Waals surface area contributed by atoms with Gasteiger partial charge in [0.2, 0.25) is 0 Å². The fraction of sp³-hybridized carbons (Fsp3) is 0.714. The maximum absolute atomic E-state index is 12.0. The van der Waals surface area contributed by atoms with Crippen LogP contribution in [0.3, 0.4) is 0 Å². The van der Waals surface area contributed by atoms with Gasteiger partial charge in [-0.3, -0.25) is 4.57 Å². The number of halogens is 1. The Bertz CT molecular complexity index is 537. The summed E-state index contributed by atoms with van der Waals surface area (Å²) in [6.45, 7) is 4.74. The van der Waals surface area contributed by atoms with Crippen molar-refractivity contribution in [1.82, 2.24) is 9.55 Å². The van der Waals surface area contributed by atoms with Crippen LogP contribution in [-0.4, -0.2) is 9.55 Å². The average molecular weight is 311 g/mol. The molecule has 1 aromatic rings. The van der Waals surface area contributed by atoms with Crippen molar-refractivity contribution < 1.29 is 0 Å². The van der Waals surface area contributed by atoms with Crippen molar-refractivity contribution in [3.8, 4) is 0 Å². The van der Waals surface area contributed by atoms with Crippen LogP contribution in [0.15, 0.2) is 9.27 Å². The van der Waals surface area contributed by atoms with Gasteiger partial charge in [0.25, 0.3) is 0 Å². The lowest BCUT2D eigenvalue weighted by molar-refractivity contribution is 0.289. The van der Waals surface area contributed by atoms with E-state index in [0.29, 0.717) is 5.92 Å². The zero-order valence-corrected chi connectivity index (χ0v) is 12.5. The Hall–Kier alpha value is -0.640. The lowest BCUT2D eigenvalue weighted by atomic mass is 9.89. The Kier molecular flexibility index (Phi) is 3.08. The molecule has 2 aliphatic rings. The van der Waals surface area contributed by atoms with Crippen LogP contribution in [0.25, 0.3) is 0 Å². The maximum atomic E-state index is 12.0. The van der Waals surface area contributed by atoms with E-state index in [-0.39, 0.29) is 5.69 Å². The second kappa shape index (κ2) is 4.48. The molecular formula is C14H19BrN2O. The molecule has 0 aromatic carbocycles. The van der Waals surface area contributed by atoms with Crippen LogP contribution in [0.2, 0.25) is 0 Å². The van der Waals surface area contributed by atoms with Gasteiger partial charge >= 0.3 is 5.69 Å². The van der Waals surface area contributed by atoms with E-state index in [2.05, 4.69) is 20.9 Å². The molecule has 2 fully saturated rings. The molecule has 98 valence electrons. The lowest BCUT2D eigenvalue weighted by Crippen LogP contribution is -2.30. The molecule has 0 spiro atoms. The van der Waals surface area contributed by atoms with Gasteiger partial charge in [-0.1, -0.05) is 6.42 Å². The topological polar surface area (TPSA) is 34.9 Å². The number of rotatable bonds is 2. The summed E-state index contributed by atoms with van der Waals surface area (Å²) >= 11 is 3.53. The zero-order chi connectivity index (χ0) is 12.9. The minimum Gasteiger partial charge on any atom is -0.295 e. The van der Waals surface area contributed by atoms with Crippen LogP contribution in [0.1, 0.15) is 37.1 Å². The molecule has 0 amide bonds. The summed E-state index contributed by atoms with van der Waals surface area (Å²) in [6.07, 6.45) is 5.47. The SMILES string of the molecule is Cc1nc(=O)n(CC2CC3CCC2C3)c(C)c1Br.